The van der Waals surface area contributed by atoms with Crippen molar-refractivity contribution in [3.8, 4) is 5.69 Å². The Morgan fingerprint density at radius 1 is 1.21 bits per heavy atom. The first kappa shape index (κ1) is 16.4. The fourth-order valence-corrected chi connectivity index (χ4v) is 3.62. The number of primary sulfonamides is 1. The number of aryl methyl sites for hydroxylation is 1. The van der Waals surface area contributed by atoms with Crippen molar-refractivity contribution in [3.63, 3.8) is 0 Å². The summed E-state index contributed by atoms with van der Waals surface area (Å²) in [7, 11) is -3.77. The summed E-state index contributed by atoms with van der Waals surface area (Å²) >= 11 is 1.58. The molecule has 0 radical (unpaired) electrons. The Morgan fingerprint density at radius 3 is 2.42 bits per heavy atom. The standard InChI is InChI=1S/C16H15N3O3S2/c1-10-3-6-13(23-10)9-15-11(2)18-19(16(15)20)12-4-7-14(8-5-12)24(17,21)22/h3-9,18H,2H2,1H3,(H2,17,21,22)/b15-9-. The van der Waals surface area contributed by atoms with E-state index in [2.05, 4.69) is 11.7 Å². The molecule has 0 saturated heterocycles. The van der Waals surface area contributed by atoms with Crippen LogP contribution in [0.25, 0.3) is 18.3 Å². The molecule has 0 bridgehead atoms. The maximum atomic E-state index is 12.6. The van der Waals surface area contributed by atoms with Crippen molar-refractivity contribution >= 4 is 34.0 Å². The summed E-state index contributed by atoms with van der Waals surface area (Å²) in [5.41, 5.74) is 0.244. The van der Waals surface area contributed by atoms with Gasteiger partial charge in [-0.2, -0.15) is 0 Å². The molecule has 8 heteroatoms. The van der Waals surface area contributed by atoms with Gasteiger partial charge in [-0.05, 0) is 49.4 Å². The average molecular weight is 361 g/mol. The number of hydrogen-bond donors (Lipinski definition) is 2. The Balaban J connectivity index is 2.11. The molecule has 2 aromatic heterocycles. The van der Waals surface area contributed by atoms with Crippen LogP contribution in [0.3, 0.4) is 0 Å². The van der Waals surface area contributed by atoms with E-state index in [1.807, 2.05) is 19.1 Å². The number of nitrogens with one attached hydrogen (secondary N) is 1. The summed E-state index contributed by atoms with van der Waals surface area (Å²) in [6, 6.07) is 9.65. The third kappa shape index (κ3) is 3.12. The maximum Gasteiger partial charge on any atom is 0.279 e. The molecule has 6 nitrogen and oxygen atoms in total. The van der Waals surface area contributed by atoms with E-state index < -0.39 is 10.0 Å². The molecule has 1 aromatic carbocycles. The van der Waals surface area contributed by atoms with Crippen LogP contribution in [0.4, 0.5) is 0 Å². The highest BCUT2D eigenvalue weighted by Crippen LogP contribution is 2.15. The van der Waals surface area contributed by atoms with Crippen LogP contribution in [-0.4, -0.2) is 18.2 Å². The minimum atomic E-state index is -3.77. The molecule has 3 rings (SSSR count). The molecule has 124 valence electrons. The van der Waals surface area contributed by atoms with E-state index in [1.54, 1.807) is 17.4 Å². The number of aromatic amines is 1. The predicted molar refractivity (Wildman–Crippen MR) is 95.2 cm³/mol. The van der Waals surface area contributed by atoms with Crippen molar-refractivity contribution < 1.29 is 8.42 Å². The molecule has 0 aliphatic rings. The van der Waals surface area contributed by atoms with Crippen LogP contribution in [0.15, 0.2) is 46.1 Å². The molecular weight excluding hydrogens is 346 g/mol. The van der Waals surface area contributed by atoms with Gasteiger partial charge in [-0.15, -0.1) is 11.3 Å². The molecule has 24 heavy (non-hydrogen) atoms. The lowest BCUT2D eigenvalue weighted by Gasteiger charge is -2.02. The van der Waals surface area contributed by atoms with E-state index in [4.69, 9.17) is 5.14 Å². The first-order valence-electron chi connectivity index (χ1n) is 6.97. The van der Waals surface area contributed by atoms with Crippen molar-refractivity contribution in [1.29, 1.82) is 0 Å². The third-order valence-corrected chi connectivity index (χ3v) is 5.35. The van der Waals surface area contributed by atoms with Crippen LogP contribution in [0.1, 0.15) is 9.75 Å². The second kappa shape index (κ2) is 5.90. The molecular formula is C16H15N3O3S2. The van der Waals surface area contributed by atoms with Gasteiger partial charge in [0.2, 0.25) is 10.0 Å². The lowest BCUT2D eigenvalue weighted by Crippen LogP contribution is -2.33. The van der Waals surface area contributed by atoms with Crippen molar-refractivity contribution in [2.45, 2.75) is 11.8 Å². The highest BCUT2D eigenvalue weighted by molar-refractivity contribution is 7.89. The Hall–Kier alpha value is -2.42. The number of benzene rings is 1. The van der Waals surface area contributed by atoms with Crippen LogP contribution in [0.5, 0.6) is 0 Å². The van der Waals surface area contributed by atoms with E-state index in [0.29, 0.717) is 16.3 Å². The largest absolute Gasteiger partial charge is 0.291 e. The van der Waals surface area contributed by atoms with Gasteiger partial charge in [-0.25, -0.2) is 18.2 Å². The third-order valence-electron chi connectivity index (χ3n) is 3.48. The summed E-state index contributed by atoms with van der Waals surface area (Å²) in [5.74, 6) is 0. The molecule has 3 aromatic rings. The molecule has 0 aliphatic heterocycles. The Kier molecular flexibility index (Phi) is 4.04. The van der Waals surface area contributed by atoms with Crippen LogP contribution < -0.4 is 21.3 Å². The summed E-state index contributed by atoms with van der Waals surface area (Å²) in [6.45, 7) is 5.86. The molecule has 0 unspecified atom stereocenters. The van der Waals surface area contributed by atoms with Crippen LogP contribution >= 0.6 is 11.3 Å². The SMILES string of the molecule is C=c1[nH]n(-c2ccc(S(N)(=O)=O)cc2)c(=O)/c1=C\c1ccc(C)s1. The summed E-state index contributed by atoms with van der Waals surface area (Å²) in [6.07, 6.45) is 1.79. The Bertz CT molecular complexity index is 1170. The van der Waals surface area contributed by atoms with Crippen molar-refractivity contribution in [1.82, 2.24) is 9.78 Å². The first-order valence-corrected chi connectivity index (χ1v) is 9.33. The smallest absolute Gasteiger partial charge is 0.279 e. The van der Waals surface area contributed by atoms with Gasteiger partial charge in [0.25, 0.3) is 5.56 Å². The molecule has 3 N–H and O–H groups in total. The van der Waals surface area contributed by atoms with E-state index in [1.165, 1.54) is 28.9 Å². The molecule has 0 amide bonds. The van der Waals surface area contributed by atoms with Gasteiger partial charge in [0, 0.05) is 9.75 Å². The zero-order valence-corrected chi connectivity index (χ0v) is 14.4. The van der Waals surface area contributed by atoms with Crippen LogP contribution in [0.2, 0.25) is 0 Å². The van der Waals surface area contributed by atoms with Crippen molar-refractivity contribution in [2.24, 2.45) is 5.14 Å². The van der Waals surface area contributed by atoms with Crippen molar-refractivity contribution in [3.05, 3.63) is 67.1 Å². The first-order chi connectivity index (χ1) is 11.3. The number of rotatable bonds is 3. The molecule has 0 atom stereocenters. The molecule has 0 spiro atoms. The van der Waals surface area contributed by atoms with E-state index in [9.17, 15) is 13.2 Å². The highest BCUT2D eigenvalue weighted by atomic mass is 32.2. The number of sulfonamides is 1. The second-order valence-corrected chi connectivity index (χ2v) is 8.16. The lowest BCUT2D eigenvalue weighted by atomic mass is 10.3. The lowest BCUT2D eigenvalue weighted by molar-refractivity contribution is 0.598. The number of nitrogens with zero attached hydrogens (tertiary/aromatic N) is 1. The average Bonchev–Trinajstić information content (AvgIpc) is 3.05. The fraction of sp³-hybridized carbons (Fsp3) is 0.0625. The van der Waals surface area contributed by atoms with Crippen LogP contribution in [-0.2, 0) is 10.0 Å². The Morgan fingerprint density at radius 2 is 1.88 bits per heavy atom. The van der Waals surface area contributed by atoms with Gasteiger partial charge in [-0.3, -0.25) is 9.89 Å². The van der Waals surface area contributed by atoms with Crippen molar-refractivity contribution in [2.75, 3.05) is 0 Å². The quantitative estimate of drug-likeness (QED) is 0.707. The molecule has 0 aliphatic carbocycles. The normalized spacial score (nSPS) is 12.7. The summed E-state index contributed by atoms with van der Waals surface area (Å²) in [5, 5.41) is 8.93. The van der Waals surface area contributed by atoms with Gasteiger partial charge < -0.3 is 0 Å². The number of hydrogen-bond acceptors (Lipinski definition) is 4. The molecule has 0 saturated carbocycles. The fourth-order valence-electron chi connectivity index (χ4n) is 2.28. The summed E-state index contributed by atoms with van der Waals surface area (Å²) in [4.78, 5) is 14.7. The topological polar surface area (TPSA) is 97.9 Å². The number of aromatic nitrogens is 2. The monoisotopic (exact) mass is 361 g/mol. The van der Waals surface area contributed by atoms with Gasteiger partial charge in [0.05, 0.1) is 21.2 Å². The van der Waals surface area contributed by atoms with Gasteiger partial charge in [0.1, 0.15) is 0 Å². The van der Waals surface area contributed by atoms with Gasteiger partial charge in [-0.1, -0.05) is 6.58 Å². The van der Waals surface area contributed by atoms with E-state index in [0.717, 1.165) is 9.75 Å². The maximum absolute atomic E-state index is 12.6. The number of nitrogens with two attached hydrogens (primary N) is 1. The van der Waals surface area contributed by atoms with Gasteiger partial charge >= 0.3 is 0 Å². The highest BCUT2D eigenvalue weighted by Gasteiger charge is 2.09. The predicted octanol–water partition coefficient (Wildman–Crippen LogP) is 0.422. The molecule has 0 fully saturated rings. The molecule has 2 heterocycles. The number of H-pyrrole nitrogens is 1. The Labute approximate surface area is 142 Å². The zero-order valence-electron chi connectivity index (χ0n) is 12.8. The van der Waals surface area contributed by atoms with Crippen LogP contribution in [0, 0.1) is 6.92 Å². The minimum Gasteiger partial charge on any atom is -0.291 e. The second-order valence-electron chi connectivity index (χ2n) is 5.28. The van der Waals surface area contributed by atoms with E-state index in [-0.39, 0.29) is 10.5 Å². The zero-order chi connectivity index (χ0) is 17.5. The minimum absolute atomic E-state index is 0.0125. The van der Waals surface area contributed by atoms with E-state index >= 15 is 0 Å². The number of thiophene rings is 1. The summed E-state index contributed by atoms with van der Waals surface area (Å²) < 4.78 is 23.9. The van der Waals surface area contributed by atoms with Gasteiger partial charge in [0.15, 0.2) is 0 Å².